The topological polar surface area (TPSA) is 53.6 Å². The van der Waals surface area contributed by atoms with Crippen molar-refractivity contribution in [2.45, 2.75) is 32.4 Å². The highest BCUT2D eigenvalue weighted by atomic mass is 15.3. The predicted octanol–water partition coefficient (Wildman–Crippen LogP) is 2.83. The Kier molecular flexibility index (Phi) is 4.54. The summed E-state index contributed by atoms with van der Waals surface area (Å²) in [6, 6.07) is 12.5. The van der Waals surface area contributed by atoms with Gasteiger partial charge < -0.3 is 0 Å². The Hall–Kier alpha value is -2.12. The van der Waals surface area contributed by atoms with Gasteiger partial charge in [0.05, 0.1) is 12.3 Å². The average Bonchev–Trinajstić information content (AvgIpc) is 2.95. The fourth-order valence-corrected chi connectivity index (χ4v) is 2.18. The maximum atomic E-state index is 9.24. The maximum absolute atomic E-state index is 9.24. The number of hydrogen-bond donors (Lipinski definition) is 1. The van der Waals surface area contributed by atoms with Crippen molar-refractivity contribution in [2.75, 3.05) is 6.54 Å². The number of aryl methyl sites for hydroxylation is 1. The van der Waals surface area contributed by atoms with Crippen molar-refractivity contribution in [3.63, 3.8) is 0 Å². The zero-order chi connectivity index (χ0) is 14.4. The number of hydrogen-bond acceptors (Lipinski definition) is 3. The van der Waals surface area contributed by atoms with Crippen molar-refractivity contribution in [2.24, 2.45) is 0 Å². The van der Waals surface area contributed by atoms with E-state index >= 15 is 0 Å². The van der Waals surface area contributed by atoms with Gasteiger partial charge in [0.2, 0.25) is 0 Å². The first-order valence-corrected chi connectivity index (χ1v) is 6.91. The smallest absolute Gasteiger partial charge is 0.105 e. The van der Waals surface area contributed by atoms with Gasteiger partial charge in [-0.25, -0.2) is 0 Å². The summed E-state index contributed by atoms with van der Waals surface area (Å²) in [5.41, 5.74) is 1.77. The van der Waals surface area contributed by atoms with E-state index in [0.717, 1.165) is 30.6 Å². The lowest BCUT2D eigenvalue weighted by Crippen LogP contribution is -2.41. The lowest BCUT2D eigenvalue weighted by molar-refractivity contribution is 0.390. The lowest BCUT2D eigenvalue weighted by atomic mass is 10.00. The van der Waals surface area contributed by atoms with E-state index in [1.807, 2.05) is 49.1 Å². The molecule has 0 aliphatic rings. The van der Waals surface area contributed by atoms with Crippen molar-refractivity contribution in [1.29, 1.82) is 5.26 Å². The number of nitriles is 1. The van der Waals surface area contributed by atoms with E-state index in [9.17, 15) is 5.26 Å². The molecule has 0 fully saturated rings. The number of nitrogens with zero attached hydrogens (tertiary/aromatic N) is 3. The van der Waals surface area contributed by atoms with Crippen LogP contribution in [0.5, 0.6) is 0 Å². The van der Waals surface area contributed by atoms with Crippen LogP contribution in [0, 0.1) is 11.3 Å². The molecule has 0 bridgehead atoms. The van der Waals surface area contributed by atoms with Crippen molar-refractivity contribution in [1.82, 2.24) is 15.1 Å². The largest absolute Gasteiger partial charge is 0.300 e. The SMILES string of the molecule is CCNC(C)(C#N)CCn1cc(-c2ccccc2)cn1. The Morgan fingerprint density at radius 3 is 2.70 bits per heavy atom. The van der Waals surface area contributed by atoms with Crippen molar-refractivity contribution >= 4 is 0 Å². The third kappa shape index (κ3) is 3.46. The predicted molar refractivity (Wildman–Crippen MR) is 80.0 cm³/mol. The second-order valence-corrected chi connectivity index (χ2v) is 5.08. The Morgan fingerprint density at radius 1 is 1.30 bits per heavy atom. The molecule has 104 valence electrons. The molecule has 4 nitrogen and oxygen atoms in total. The first-order valence-electron chi connectivity index (χ1n) is 6.91. The van der Waals surface area contributed by atoms with Crippen molar-refractivity contribution < 1.29 is 0 Å². The Bertz CT molecular complexity index is 582. The highest BCUT2D eigenvalue weighted by molar-refractivity contribution is 5.61. The van der Waals surface area contributed by atoms with E-state index in [2.05, 4.69) is 28.6 Å². The molecule has 0 saturated carbocycles. The summed E-state index contributed by atoms with van der Waals surface area (Å²) in [7, 11) is 0. The van der Waals surface area contributed by atoms with Crippen LogP contribution in [0.15, 0.2) is 42.7 Å². The molecule has 0 aliphatic carbocycles. The summed E-state index contributed by atoms with van der Waals surface area (Å²) in [6.07, 6.45) is 4.62. The Morgan fingerprint density at radius 2 is 2.05 bits per heavy atom. The fraction of sp³-hybridized carbons (Fsp3) is 0.375. The van der Waals surface area contributed by atoms with Crippen LogP contribution in [-0.2, 0) is 6.54 Å². The van der Waals surface area contributed by atoms with Gasteiger partial charge in [-0.3, -0.25) is 10.00 Å². The summed E-state index contributed by atoms with van der Waals surface area (Å²) < 4.78 is 1.90. The van der Waals surface area contributed by atoms with Gasteiger partial charge in [0.25, 0.3) is 0 Å². The van der Waals surface area contributed by atoms with Gasteiger partial charge in [-0.2, -0.15) is 10.4 Å². The zero-order valence-electron chi connectivity index (χ0n) is 12.0. The molecule has 1 unspecified atom stereocenters. The number of nitrogens with one attached hydrogen (secondary N) is 1. The van der Waals surface area contributed by atoms with E-state index < -0.39 is 5.54 Å². The summed E-state index contributed by atoms with van der Waals surface area (Å²) in [6.45, 7) is 5.46. The quantitative estimate of drug-likeness (QED) is 0.876. The van der Waals surface area contributed by atoms with Gasteiger partial charge in [0.15, 0.2) is 0 Å². The third-order valence-corrected chi connectivity index (χ3v) is 3.39. The lowest BCUT2D eigenvalue weighted by Gasteiger charge is -2.22. The first kappa shape index (κ1) is 14.3. The normalized spacial score (nSPS) is 13.7. The van der Waals surface area contributed by atoms with E-state index in [1.54, 1.807) is 0 Å². The second kappa shape index (κ2) is 6.36. The van der Waals surface area contributed by atoms with E-state index in [1.165, 1.54) is 0 Å². The van der Waals surface area contributed by atoms with Crippen LogP contribution in [0.3, 0.4) is 0 Å². The highest BCUT2D eigenvalue weighted by Crippen LogP contribution is 2.18. The minimum absolute atomic E-state index is 0.492. The Balaban J connectivity index is 2.02. The monoisotopic (exact) mass is 268 g/mol. The molecule has 20 heavy (non-hydrogen) atoms. The first-order chi connectivity index (χ1) is 9.67. The van der Waals surface area contributed by atoms with Gasteiger partial charge in [-0.1, -0.05) is 37.3 Å². The maximum Gasteiger partial charge on any atom is 0.105 e. The highest BCUT2D eigenvalue weighted by Gasteiger charge is 2.21. The van der Waals surface area contributed by atoms with Crippen LogP contribution in [-0.4, -0.2) is 21.9 Å². The number of rotatable bonds is 6. The molecule has 0 aliphatic heterocycles. The van der Waals surface area contributed by atoms with Crippen LogP contribution in [0.2, 0.25) is 0 Å². The molecule has 1 N–H and O–H groups in total. The van der Waals surface area contributed by atoms with Crippen molar-refractivity contribution in [3.8, 4) is 17.2 Å². The second-order valence-electron chi connectivity index (χ2n) is 5.08. The molecule has 1 atom stereocenters. The van der Waals surface area contributed by atoms with Crippen LogP contribution in [0.25, 0.3) is 11.1 Å². The molecular weight excluding hydrogens is 248 g/mol. The molecule has 0 amide bonds. The summed E-state index contributed by atoms with van der Waals surface area (Å²) in [5.74, 6) is 0. The van der Waals surface area contributed by atoms with E-state index in [0.29, 0.717) is 0 Å². The molecule has 1 aromatic carbocycles. The molecule has 0 radical (unpaired) electrons. The summed E-state index contributed by atoms with van der Waals surface area (Å²) in [4.78, 5) is 0. The molecule has 0 saturated heterocycles. The molecule has 2 rings (SSSR count). The standard InChI is InChI=1S/C16H20N4/c1-3-18-16(2,13-17)9-10-20-12-15(11-19-20)14-7-5-4-6-8-14/h4-8,11-12,18H,3,9-10H2,1-2H3. The van der Waals surface area contributed by atoms with Gasteiger partial charge in [-0.15, -0.1) is 0 Å². The molecular formula is C16H20N4. The molecule has 2 aromatic rings. The van der Waals surface area contributed by atoms with Gasteiger partial charge in [-0.05, 0) is 25.5 Å². The van der Waals surface area contributed by atoms with Crippen molar-refractivity contribution in [3.05, 3.63) is 42.7 Å². The summed E-state index contributed by atoms with van der Waals surface area (Å²) in [5, 5.41) is 16.8. The molecule has 0 spiro atoms. The minimum Gasteiger partial charge on any atom is -0.300 e. The molecule has 4 heteroatoms. The van der Waals surface area contributed by atoms with Crippen LogP contribution < -0.4 is 5.32 Å². The van der Waals surface area contributed by atoms with Gasteiger partial charge in [0, 0.05) is 18.3 Å². The van der Waals surface area contributed by atoms with Gasteiger partial charge >= 0.3 is 0 Å². The van der Waals surface area contributed by atoms with Crippen LogP contribution in [0.4, 0.5) is 0 Å². The average molecular weight is 268 g/mol. The third-order valence-electron chi connectivity index (χ3n) is 3.39. The number of benzene rings is 1. The summed E-state index contributed by atoms with van der Waals surface area (Å²) >= 11 is 0. The Labute approximate surface area is 120 Å². The van der Waals surface area contributed by atoms with Gasteiger partial charge in [0.1, 0.15) is 5.54 Å². The van der Waals surface area contributed by atoms with E-state index in [-0.39, 0.29) is 0 Å². The van der Waals surface area contributed by atoms with Crippen LogP contribution in [0.1, 0.15) is 20.3 Å². The minimum atomic E-state index is -0.492. The molecule has 1 aromatic heterocycles. The molecule has 1 heterocycles. The fourth-order valence-electron chi connectivity index (χ4n) is 2.18. The van der Waals surface area contributed by atoms with E-state index in [4.69, 9.17) is 0 Å². The zero-order valence-corrected chi connectivity index (χ0v) is 12.0. The number of aromatic nitrogens is 2. The van der Waals surface area contributed by atoms with Crippen LogP contribution >= 0.6 is 0 Å².